The zero-order valence-electron chi connectivity index (χ0n) is 15.4. The van der Waals surface area contributed by atoms with E-state index in [9.17, 15) is 9.59 Å². The predicted molar refractivity (Wildman–Crippen MR) is 98.7 cm³/mol. The van der Waals surface area contributed by atoms with E-state index in [1.807, 2.05) is 4.90 Å². The minimum Gasteiger partial charge on any atom is -0.342 e. The summed E-state index contributed by atoms with van der Waals surface area (Å²) in [4.78, 5) is 33.9. The van der Waals surface area contributed by atoms with Crippen molar-refractivity contribution in [2.75, 3.05) is 13.1 Å². The van der Waals surface area contributed by atoms with Crippen molar-refractivity contribution < 1.29 is 4.79 Å². The Morgan fingerprint density at radius 3 is 2.85 bits per heavy atom. The summed E-state index contributed by atoms with van der Waals surface area (Å²) in [5.41, 5.74) is 0.374. The number of aryl methyl sites for hydroxylation is 2. The van der Waals surface area contributed by atoms with Gasteiger partial charge in [-0.2, -0.15) is 5.10 Å². The smallest absolute Gasteiger partial charge is 0.262 e. The molecule has 2 aromatic heterocycles. The maximum Gasteiger partial charge on any atom is 0.262 e. The molecule has 140 valence electrons. The largest absolute Gasteiger partial charge is 0.342 e. The van der Waals surface area contributed by atoms with Crippen LogP contribution in [0.15, 0.2) is 11.0 Å². The predicted octanol–water partition coefficient (Wildman–Crippen LogP) is 2.02. The maximum absolute atomic E-state index is 12.6. The molecule has 0 spiro atoms. The monoisotopic (exact) mass is 357 g/mol. The summed E-state index contributed by atoms with van der Waals surface area (Å²) in [5, 5.41) is 4.55. The molecule has 7 nitrogen and oxygen atoms in total. The molecule has 2 aromatic rings. The number of carbonyl (C=O) groups is 1. The lowest BCUT2D eigenvalue weighted by Crippen LogP contribution is -2.30. The number of rotatable bonds is 4. The summed E-state index contributed by atoms with van der Waals surface area (Å²) in [7, 11) is 1.76. The van der Waals surface area contributed by atoms with Gasteiger partial charge >= 0.3 is 0 Å². The van der Waals surface area contributed by atoms with Crippen LogP contribution in [0.25, 0.3) is 11.0 Å². The summed E-state index contributed by atoms with van der Waals surface area (Å²) >= 11 is 0. The molecule has 1 saturated heterocycles. The van der Waals surface area contributed by atoms with Gasteiger partial charge in [0.25, 0.3) is 5.56 Å². The van der Waals surface area contributed by atoms with E-state index in [2.05, 4.69) is 15.1 Å². The minimum absolute atomic E-state index is 0.177. The normalized spacial score (nSPS) is 21.6. The number of nitrogens with zero attached hydrogens (tertiary/aromatic N) is 4. The molecule has 1 aliphatic carbocycles. The Balaban J connectivity index is 1.35. The van der Waals surface area contributed by atoms with Crippen LogP contribution < -0.4 is 5.56 Å². The average molecular weight is 357 g/mol. The van der Waals surface area contributed by atoms with Crippen LogP contribution in [0.5, 0.6) is 0 Å². The molecule has 1 saturated carbocycles. The van der Waals surface area contributed by atoms with Gasteiger partial charge in [0, 0.05) is 33.0 Å². The zero-order chi connectivity index (χ0) is 18.1. The SMILES string of the molecule is Cn1ncc2c(=O)[nH]c(CCC(=O)N3CCC(C4CCCCC4)C3)nc21. The molecule has 1 amide bonds. The van der Waals surface area contributed by atoms with E-state index in [-0.39, 0.29) is 11.5 Å². The number of amides is 1. The third kappa shape index (κ3) is 3.39. The van der Waals surface area contributed by atoms with Crippen molar-refractivity contribution in [2.24, 2.45) is 18.9 Å². The fourth-order valence-corrected chi connectivity index (χ4v) is 4.58. The molecule has 0 radical (unpaired) electrons. The van der Waals surface area contributed by atoms with Crippen molar-refractivity contribution in [1.82, 2.24) is 24.6 Å². The van der Waals surface area contributed by atoms with Gasteiger partial charge in [-0.3, -0.25) is 14.3 Å². The van der Waals surface area contributed by atoms with E-state index in [1.165, 1.54) is 38.3 Å². The lowest BCUT2D eigenvalue weighted by molar-refractivity contribution is -0.130. The molecule has 1 unspecified atom stereocenters. The Morgan fingerprint density at radius 2 is 2.04 bits per heavy atom. The number of likely N-dealkylation sites (tertiary alicyclic amines) is 1. The number of carbonyl (C=O) groups excluding carboxylic acids is 1. The standard InChI is InChI=1S/C19H27N5O2/c1-23-18-15(11-20-23)19(26)22-16(21-18)7-8-17(25)24-10-9-14(12-24)13-5-3-2-4-6-13/h11,13-14H,2-10,12H2,1H3,(H,21,22,26). The highest BCUT2D eigenvalue weighted by Crippen LogP contribution is 2.35. The molecule has 7 heteroatoms. The lowest BCUT2D eigenvalue weighted by Gasteiger charge is -2.27. The van der Waals surface area contributed by atoms with Crippen LogP contribution in [0.3, 0.4) is 0 Å². The van der Waals surface area contributed by atoms with Crippen LogP contribution in [-0.4, -0.2) is 43.6 Å². The molecule has 4 rings (SSSR count). The summed E-state index contributed by atoms with van der Waals surface area (Å²) < 4.78 is 1.59. The van der Waals surface area contributed by atoms with Gasteiger partial charge in [-0.05, 0) is 18.3 Å². The fourth-order valence-electron chi connectivity index (χ4n) is 4.58. The van der Waals surface area contributed by atoms with Crippen LogP contribution in [0.4, 0.5) is 0 Å². The van der Waals surface area contributed by atoms with Gasteiger partial charge in [0.05, 0.1) is 6.20 Å². The second kappa shape index (κ2) is 7.21. The van der Waals surface area contributed by atoms with Gasteiger partial charge in [-0.1, -0.05) is 32.1 Å². The quantitative estimate of drug-likeness (QED) is 0.907. The average Bonchev–Trinajstić information content (AvgIpc) is 3.29. The van der Waals surface area contributed by atoms with Gasteiger partial charge in [-0.25, -0.2) is 4.98 Å². The van der Waals surface area contributed by atoms with E-state index in [0.29, 0.717) is 35.6 Å². The number of aromatic nitrogens is 4. The Kier molecular flexibility index (Phi) is 4.78. The highest BCUT2D eigenvalue weighted by molar-refractivity contribution is 5.77. The van der Waals surface area contributed by atoms with Gasteiger partial charge < -0.3 is 9.88 Å². The van der Waals surface area contributed by atoms with Crippen LogP contribution in [0, 0.1) is 11.8 Å². The molecule has 1 aliphatic heterocycles. The third-order valence-electron chi connectivity index (χ3n) is 6.12. The Hall–Kier alpha value is -2.18. The second-order valence-electron chi connectivity index (χ2n) is 7.80. The van der Waals surface area contributed by atoms with Crippen molar-refractivity contribution in [2.45, 2.75) is 51.4 Å². The van der Waals surface area contributed by atoms with Crippen LogP contribution in [-0.2, 0) is 18.3 Å². The molecule has 3 heterocycles. The number of hydrogen-bond donors (Lipinski definition) is 1. The highest BCUT2D eigenvalue weighted by atomic mass is 16.2. The molecular formula is C19H27N5O2. The number of H-pyrrole nitrogens is 1. The Morgan fingerprint density at radius 1 is 1.23 bits per heavy atom. The summed E-state index contributed by atoms with van der Waals surface area (Å²) in [6.45, 7) is 1.79. The number of aromatic amines is 1. The van der Waals surface area contributed by atoms with Gasteiger partial charge in [0.2, 0.25) is 5.91 Å². The first-order chi connectivity index (χ1) is 12.6. The molecule has 0 bridgehead atoms. The Bertz CT molecular complexity index is 849. The van der Waals surface area contributed by atoms with E-state index in [1.54, 1.807) is 11.7 Å². The molecule has 1 atom stereocenters. The van der Waals surface area contributed by atoms with Gasteiger partial charge in [0.15, 0.2) is 5.65 Å². The van der Waals surface area contributed by atoms with E-state index in [4.69, 9.17) is 0 Å². The summed E-state index contributed by atoms with van der Waals surface area (Å²) in [5.74, 6) is 2.23. The maximum atomic E-state index is 12.6. The van der Waals surface area contributed by atoms with Crippen molar-refractivity contribution in [3.05, 3.63) is 22.4 Å². The van der Waals surface area contributed by atoms with Crippen LogP contribution in [0.2, 0.25) is 0 Å². The summed E-state index contributed by atoms with van der Waals surface area (Å²) in [6.07, 6.45) is 10.3. The molecule has 2 aliphatic rings. The highest BCUT2D eigenvalue weighted by Gasteiger charge is 2.32. The van der Waals surface area contributed by atoms with Crippen molar-refractivity contribution in [1.29, 1.82) is 0 Å². The Labute approximate surface area is 152 Å². The van der Waals surface area contributed by atoms with E-state index in [0.717, 1.165) is 25.4 Å². The van der Waals surface area contributed by atoms with Crippen LogP contribution >= 0.6 is 0 Å². The zero-order valence-corrected chi connectivity index (χ0v) is 15.4. The van der Waals surface area contributed by atoms with Crippen molar-refractivity contribution in [3.8, 4) is 0 Å². The van der Waals surface area contributed by atoms with Crippen molar-refractivity contribution in [3.63, 3.8) is 0 Å². The van der Waals surface area contributed by atoms with Crippen LogP contribution in [0.1, 0.15) is 50.8 Å². The number of nitrogens with one attached hydrogen (secondary N) is 1. The van der Waals surface area contributed by atoms with Crippen molar-refractivity contribution >= 4 is 16.9 Å². The fraction of sp³-hybridized carbons (Fsp3) is 0.684. The summed E-state index contributed by atoms with van der Waals surface area (Å²) in [6, 6.07) is 0. The molecular weight excluding hydrogens is 330 g/mol. The number of hydrogen-bond acceptors (Lipinski definition) is 4. The van der Waals surface area contributed by atoms with Gasteiger partial charge in [0.1, 0.15) is 11.2 Å². The van der Waals surface area contributed by atoms with E-state index >= 15 is 0 Å². The van der Waals surface area contributed by atoms with Gasteiger partial charge in [-0.15, -0.1) is 0 Å². The first-order valence-electron chi connectivity index (χ1n) is 9.80. The first-order valence-corrected chi connectivity index (χ1v) is 9.80. The topological polar surface area (TPSA) is 83.9 Å². The first kappa shape index (κ1) is 17.2. The molecule has 0 aromatic carbocycles. The molecule has 26 heavy (non-hydrogen) atoms. The lowest BCUT2D eigenvalue weighted by atomic mass is 9.80. The molecule has 2 fully saturated rings. The third-order valence-corrected chi connectivity index (χ3v) is 6.12. The molecule has 1 N–H and O–H groups in total. The minimum atomic E-state index is -0.191. The second-order valence-corrected chi connectivity index (χ2v) is 7.80. The number of fused-ring (bicyclic) bond motifs is 1. The van der Waals surface area contributed by atoms with E-state index < -0.39 is 0 Å².